The lowest BCUT2D eigenvalue weighted by Gasteiger charge is -2.34. The molecule has 0 spiro atoms. The molecule has 202 valence electrons. The average Bonchev–Trinajstić information content (AvgIpc) is 2.86. The number of nitrogens with one attached hydrogen (secondary N) is 1. The van der Waals surface area contributed by atoms with E-state index in [1.165, 1.54) is 29.5 Å². The molecule has 1 aliphatic carbocycles. The zero-order chi connectivity index (χ0) is 27.0. The van der Waals surface area contributed by atoms with Crippen LogP contribution in [0.4, 0.5) is 5.69 Å². The molecule has 2 aromatic rings. The highest BCUT2D eigenvalue weighted by Crippen LogP contribution is 2.30. The molecule has 1 fully saturated rings. The van der Waals surface area contributed by atoms with E-state index in [9.17, 15) is 18.0 Å². The number of nitrogens with zero attached hydrogens (tertiary/aromatic N) is 2. The maximum absolute atomic E-state index is 13.7. The van der Waals surface area contributed by atoms with Gasteiger partial charge in [0.2, 0.25) is 21.8 Å². The van der Waals surface area contributed by atoms with Crippen molar-refractivity contribution in [3.05, 3.63) is 64.1 Å². The van der Waals surface area contributed by atoms with Gasteiger partial charge in [0.05, 0.1) is 17.0 Å². The van der Waals surface area contributed by atoms with Crippen molar-refractivity contribution in [2.24, 2.45) is 0 Å². The van der Waals surface area contributed by atoms with Crippen LogP contribution in [0, 0.1) is 0 Å². The van der Waals surface area contributed by atoms with Crippen LogP contribution >= 0.6 is 23.2 Å². The first-order chi connectivity index (χ1) is 17.6. The number of rotatable bonds is 11. The lowest BCUT2D eigenvalue weighted by Crippen LogP contribution is -2.54. The molecule has 2 amide bonds. The first-order valence-corrected chi connectivity index (χ1v) is 15.3. The Morgan fingerprint density at radius 2 is 1.73 bits per heavy atom. The number of carbonyl (C=O) groups is 2. The van der Waals surface area contributed by atoms with Crippen LogP contribution in [0.15, 0.2) is 48.5 Å². The van der Waals surface area contributed by atoms with Gasteiger partial charge in [-0.2, -0.15) is 0 Å². The Hall–Kier alpha value is -2.29. The van der Waals surface area contributed by atoms with Crippen LogP contribution < -0.4 is 9.62 Å². The summed E-state index contributed by atoms with van der Waals surface area (Å²) in [5, 5.41) is 3.60. The van der Waals surface area contributed by atoms with E-state index in [0.717, 1.165) is 41.8 Å². The average molecular weight is 569 g/mol. The van der Waals surface area contributed by atoms with E-state index >= 15 is 0 Å². The number of hydrogen-bond donors (Lipinski definition) is 1. The van der Waals surface area contributed by atoms with E-state index in [2.05, 4.69) is 5.32 Å². The summed E-state index contributed by atoms with van der Waals surface area (Å²) in [5.74, 6) is -0.677. The van der Waals surface area contributed by atoms with Crippen LogP contribution in [-0.2, 0) is 26.0 Å². The van der Waals surface area contributed by atoms with Crippen LogP contribution in [0.25, 0.3) is 0 Å². The Morgan fingerprint density at radius 3 is 2.32 bits per heavy atom. The van der Waals surface area contributed by atoms with E-state index in [0.29, 0.717) is 17.9 Å². The largest absolute Gasteiger partial charge is 0.352 e. The minimum atomic E-state index is -3.87. The predicted octanol–water partition coefficient (Wildman–Crippen LogP) is 5.06. The minimum Gasteiger partial charge on any atom is -0.352 e. The molecule has 1 aliphatic rings. The number of benzene rings is 2. The molecule has 7 nitrogen and oxygen atoms in total. The normalized spacial score (nSPS) is 15.1. The number of hydrogen-bond acceptors (Lipinski definition) is 4. The van der Waals surface area contributed by atoms with Gasteiger partial charge < -0.3 is 10.2 Å². The van der Waals surface area contributed by atoms with Gasteiger partial charge in [0.1, 0.15) is 12.6 Å². The number of carbonyl (C=O) groups excluding carboxylic acids is 2. The second-order valence-electron chi connectivity index (χ2n) is 9.46. The molecule has 10 heteroatoms. The third-order valence-corrected chi connectivity index (χ3v) is 8.34. The van der Waals surface area contributed by atoms with E-state index in [4.69, 9.17) is 23.2 Å². The van der Waals surface area contributed by atoms with Gasteiger partial charge in [-0.05, 0) is 49.4 Å². The van der Waals surface area contributed by atoms with E-state index < -0.39 is 28.5 Å². The Kier molecular flexibility index (Phi) is 10.7. The molecule has 0 aliphatic heterocycles. The topological polar surface area (TPSA) is 86.8 Å². The van der Waals surface area contributed by atoms with Gasteiger partial charge >= 0.3 is 0 Å². The predicted molar refractivity (Wildman–Crippen MR) is 150 cm³/mol. The SMILES string of the molecule is CCC(C(=O)NC1CCCCC1)N(CCc1ccccc1)C(=O)CN(c1ccc(Cl)cc1Cl)S(C)(=O)=O. The number of sulfonamides is 1. The monoisotopic (exact) mass is 567 g/mol. The molecule has 37 heavy (non-hydrogen) atoms. The van der Waals surface area contributed by atoms with Crippen LogP contribution in [0.2, 0.25) is 10.0 Å². The van der Waals surface area contributed by atoms with Crippen molar-refractivity contribution < 1.29 is 18.0 Å². The Labute approximate surface area is 230 Å². The molecule has 2 aromatic carbocycles. The molecule has 0 bridgehead atoms. The van der Waals surface area contributed by atoms with Crippen molar-refractivity contribution in [2.75, 3.05) is 23.7 Å². The lowest BCUT2D eigenvalue weighted by atomic mass is 9.95. The van der Waals surface area contributed by atoms with E-state index in [-0.39, 0.29) is 29.2 Å². The second-order valence-corrected chi connectivity index (χ2v) is 12.2. The third-order valence-electron chi connectivity index (χ3n) is 6.68. The van der Waals surface area contributed by atoms with Gasteiger partial charge in [-0.1, -0.05) is 79.7 Å². The molecule has 1 atom stereocenters. The van der Waals surface area contributed by atoms with Gasteiger partial charge in [-0.25, -0.2) is 8.42 Å². The lowest BCUT2D eigenvalue weighted by molar-refractivity contribution is -0.140. The Morgan fingerprint density at radius 1 is 1.05 bits per heavy atom. The third kappa shape index (κ3) is 8.35. The Balaban J connectivity index is 1.88. The maximum Gasteiger partial charge on any atom is 0.244 e. The molecular weight excluding hydrogens is 533 g/mol. The van der Waals surface area contributed by atoms with E-state index in [1.54, 1.807) is 0 Å². The molecular formula is C27H35Cl2N3O4S. The molecule has 0 aromatic heterocycles. The molecule has 0 radical (unpaired) electrons. The summed E-state index contributed by atoms with van der Waals surface area (Å²) in [6.07, 6.45) is 7.12. The molecule has 3 rings (SSSR count). The van der Waals surface area contributed by atoms with Gasteiger partial charge in [-0.15, -0.1) is 0 Å². The summed E-state index contributed by atoms with van der Waals surface area (Å²) >= 11 is 12.3. The summed E-state index contributed by atoms with van der Waals surface area (Å²) in [5.41, 5.74) is 1.17. The maximum atomic E-state index is 13.7. The number of amides is 2. The molecule has 0 heterocycles. The summed E-state index contributed by atoms with van der Waals surface area (Å²) in [6, 6.07) is 13.5. The Bertz CT molecular complexity index is 1170. The standard InChI is InChI=1S/C27H35Cl2N3O4S/c1-3-24(27(34)30-22-12-8-5-9-13-22)31(17-16-20-10-6-4-7-11-20)26(33)19-32(37(2,35)36)25-15-14-21(28)18-23(25)29/h4,6-7,10-11,14-15,18,22,24H,3,5,8-9,12-13,16-17,19H2,1-2H3,(H,30,34). The van der Waals surface area contributed by atoms with Crippen molar-refractivity contribution in [3.63, 3.8) is 0 Å². The van der Waals surface area contributed by atoms with Crippen LogP contribution in [0.3, 0.4) is 0 Å². The van der Waals surface area contributed by atoms with Gasteiger partial charge in [-0.3, -0.25) is 13.9 Å². The van der Waals surface area contributed by atoms with Crippen LogP contribution in [0.5, 0.6) is 0 Å². The second kappa shape index (κ2) is 13.5. The molecule has 0 saturated heterocycles. The van der Waals surface area contributed by atoms with Crippen molar-refractivity contribution in [2.45, 2.75) is 64.0 Å². The fourth-order valence-electron chi connectivity index (χ4n) is 4.72. The first-order valence-electron chi connectivity index (χ1n) is 12.7. The summed E-state index contributed by atoms with van der Waals surface area (Å²) in [7, 11) is -3.87. The fraction of sp³-hybridized carbons (Fsp3) is 0.481. The van der Waals surface area contributed by atoms with Crippen molar-refractivity contribution in [1.29, 1.82) is 0 Å². The molecule has 1 N–H and O–H groups in total. The van der Waals surface area contributed by atoms with Crippen LogP contribution in [-0.4, -0.2) is 56.6 Å². The molecule has 1 saturated carbocycles. The van der Waals surface area contributed by atoms with Gasteiger partial charge in [0.25, 0.3) is 0 Å². The quantitative estimate of drug-likeness (QED) is 0.411. The highest BCUT2D eigenvalue weighted by molar-refractivity contribution is 7.92. The van der Waals surface area contributed by atoms with Gasteiger partial charge in [0, 0.05) is 17.6 Å². The van der Waals surface area contributed by atoms with Crippen molar-refractivity contribution in [1.82, 2.24) is 10.2 Å². The zero-order valence-corrected chi connectivity index (χ0v) is 23.7. The summed E-state index contributed by atoms with van der Waals surface area (Å²) in [4.78, 5) is 28.6. The fourth-order valence-corrected chi connectivity index (χ4v) is 6.14. The number of halogens is 2. The first kappa shape index (κ1) is 29.3. The van der Waals surface area contributed by atoms with Gasteiger partial charge in [0.15, 0.2) is 0 Å². The van der Waals surface area contributed by atoms with E-state index in [1.807, 2.05) is 37.3 Å². The minimum absolute atomic E-state index is 0.0989. The summed E-state index contributed by atoms with van der Waals surface area (Å²) < 4.78 is 26.4. The number of anilines is 1. The summed E-state index contributed by atoms with van der Waals surface area (Å²) in [6.45, 7) is 1.64. The smallest absolute Gasteiger partial charge is 0.244 e. The highest BCUT2D eigenvalue weighted by atomic mass is 35.5. The van der Waals surface area contributed by atoms with Crippen molar-refractivity contribution >= 4 is 50.7 Å². The molecule has 1 unspecified atom stereocenters. The van der Waals surface area contributed by atoms with Crippen LogP contribution in [0.1, 0.15) is 51.0 Å². The van der Waals surface area contributed by atoms with Crippen molar-refractivity contribution in [3.8, 4) is 0 Å². The highest BCUT2D eigenvalue weighted by Gasteiger charge is 2.33. The zero-order valence-electron chi connectivity index (χ0n) is 21.3.